The summed E-state index contributed by atoms with van der Waals surface area (Å²) in [6.07, 6.45) is 1.30. The van der Waals surface area contributed by atoms with E-state index in [4.69, 9.17) is 5.84 Å². The fourth-order valence-corrected chi connectivity index (χ4v) is 2.62. The van der Waals surface area contributed by atoms with Crippen LogP contribution in [0.4, 0.5) is 0 Å². The van der Waals surface area contributed by atoms with Gasteiger partial charge in [0.1, 0.15) is 0 Å². The first-order valence-electron chi connectivity index (χ1n) is 6.91. The zero-order valence-corrected chi connectivity index (χ0v) is 11.7. The minimum absolute atomic E-state index is 0.152. The second kappa shape index (κ2) is 6.17. The topological polar surface area (TPSA) is 58.4 Å². The number of hydrogen-bond donors (Lipinski definition) is 2. The maximum Gasteiger partial charge on any atom is 0.241 e. The molecule has 0 spiro atoms. The summed E-state index contributed by atoms with van der Waals surface area (Å²) in [5, 5.41) is 0. The van der Waals surface area contributed by atoms with Crippen molar-refractivity contribution in [2.24, 2.45) is 11.8 Å². The molecule has 19 heavy (non-hydrogen) atoms. The summed E-state index contributed by atoms with van der Waals surface area (Å²) >= 11 is 0. The Kier molecular flexibility index (Phi) is 4.56. The molecule has 0 aromatic heterocycles. The van der Waals surface area contributed by atoms with E-state index in [0.717, 1.165) is 18.0 Å². The second-order valence-electron chi connectivity index (χ2n) is 5.60. The number of carbonyl (C=O) groups excluding carboxylic acids is 1. The fraction of sp³-hybridized carbons (Fsp3) is 0.533. The number of nitrogens with zero attached hydrogens (tertiary/aromatic N) is 1. The number of likely N-dealkylation sites (tertiary alicyclic amines) is 1. The van der Waals surface area contributed by atoms with Crippen molar-refractivity contribution >= 4 is 5.91 Å². The Bertz CT molecular complexity index is 430. The standard InChI is InChI=1S/C15H23N3O/c1-11-7-8-18(9-11)10-13-3-5-14(6-4-13)12(2)15(19)17-16/h3-6,11-12H,7-10,16H2,1-2H3,(H,17,19). The van der Waals surface area contributed by atoms with Gasteiger partial charge in [-0.1, -0.05) is 31.2 Å². The van der Waals surface area contributed by atoms with Crippen molar-refractivity contribution < 1.29 is 4.79 Å². The summed E-state index contributed by atoms with van der Waals surface area (Å²) in [6, 6.07) is 8.26. The van der Waals surface area contributed by atoms with Crippen molar-refractivity contribution in [1.29, 1.82) is 0 Å². The molecule has 1 heterocycles. The van der Waals surface area contributed by atoms with Crippen LogP contribution in [-0.2, 0) is 11.3 Å². The van der Waals surface area contributed by atoms with Crippen LogP contribution in [0.25, 0.3) is 0 Å². The van der Waals surface area contributed by atoms with E-state index in [1.165, 1.54) is 25.1 Å². The van der Waals surface area contributed by atoms with Crippen LogP contribution in [0.3, 0.4) is 0 Å². The van der Waals surface area contributed by atoms with Crippen LogP contribution in [0.5, 0.6) is 0 Å². The Morgan fingerprint density at radius 2 is 2.16 bits per heavy atom. The van der Waals surface area contributed by atoms with Crippen LogP contribution in [0.1, 0.15) is 37.3 Å². The molecule has 2 unspecified atom stereocenters. The van der Waals surface area contributed by atoms with Gasteiger partial charge in [0.15, 0.2) is 0 Å². The molecule has 1 fully saturated rings. The molecule has 0 bridgehead atoms. The highest BCUT2D eigenvalue weighted by molar-refractivity contribution is 5.82. The summed E-state index contributed by atoms with van der Waals surface area (Å²) in [4.78, 5) is 13.9. The SMILES string of the molecule is CC1CCN(Cc2ccc(C(C)C(=O)NN)cc2)C1. The van der Waals surface area contributed by atoms with Crippen LogP contribution in [-0.4, -0.2) is 23.9 Å². The lowest BCUT2D eigenvalue weighted by atomic mass is 9.99. The summed E-state index contributed by atoms with van der Waals surface area (Å²) in [6.45, 7) is 7.54. The van der Waals surface area contributed by atoms with Gasteiger partial charge in [0.25, 0.3) is 0 Å². The first kappa shape index (κ1) is 14.0. The average molecular weight is 261 g/mol. The molecule has 104 valence electrons. The molecule has 4 heteroatoms. The maximum absolute atomic E-state index is 11.5. The molecule has 0 saturated carbocycles. The first-order valence-corrected chi connectivity index (χ1v) is 6.91. The summed E-state index contributed by atoms with van der Waals surface area (Å²) < 4.78 is 0. The smallest absolute Gasteiger partial charge is 0.241 e. The van der Waals surface area contributed by atoms with E-state index >= 15 is 0 Å². The van der Waals surface area contributed by atoms with Gasteiger partial charge in [0.05, 0.1) is 5.92 Å². The van der Waals surface area contributed by atoms with Gasteiger partial charge in [-0.15, -0.1) is 0 Å². The van der Waals surface area contributed by atoms with Gasteiger partial charge < -0.3 is 0 Å². The fourth-order valence-electron chi connectivity index (χ4n) is 2.62. The zero-order chi connectivity index (χ0) is 13.8. The molecule has 1 amide bonds. The minimum Gasteiger partial charge on any atom is -0.299 e. The molecule has 1 aromatic carbocycles. The van der Waals surface area contributed by atoms with Crippen LogP contribution < -0.4 is 11.3 Å². The van der Waals surface area contributed by atoms with Gasteiger partial charge in [0, 0.05) is 13.1 Å². The molecule has 1 aliphatic rings. The van der Waals surface area contributed by atoms with E-state index in [1.54, 1.807) is 0 Å². The number of carbonyl (C=O) groups is 1. The molecule has 2 rings (SSSR count). The van der Waals surface area contributed by atoms with Gasteiger partial charge in [-0.3, -0.25) is 15.1 Å². The van der Waals surface area contributed by atoms with Gasteiger partial charge in [-0.05, 0) is 36.9 Å². The Balaban J connectivity index is 1.96. The molecule has 1 aliphatic heterocycles. The van der Waals surface area contributed by atoms with Crippen molar-refractivity contribution in [3.8, 4) is 0 Å². The lowest BCUT2D eigenvalue weighted by Gasteiger charge is -2.16. The van der Waals surface area contributed by atoms with Gasteiger partial charge in [-0.25, -0.2) is 5.84 Å². The highest BCUT2D eigenvalue weighted by Crippen LogP contribution is 2.20. The number of hydrazine groups is 1. The quantitative estimate of drug-likeness (QED) is 0.492. The highest BCUT2D eigenvalue weighted by atomic mass is 16.2. The Morgan fingerprint density at radius 3 is 2.68 bits per heavy atom. The molecule has 4 nitrogen and oxygen atoms in total. The van der Waals surface area contributed by atoms with E-state index in [-0.39, 0.29) is 11.8 Å². The largest absolute Gasteiger partial charge is 0.299 e. The average Bonchev–Trinajstić information content (AvgIpc) is 2.83. The number of benzene rings is 1. The van der Waals surface area contributed by atoms with E-state index in [0.29, 0.717) is 0 Å². The highest BCUT2D eigenvalue weighted by Gasteiger charge is 2.18. The molecule has 0 radical (unpaired) electrons. The third-order valence-electron chi connectivity index (χ3n) is 3.93. The molecule has 1 aromatic rings. The zero-order valence-electron chi connectivity index (χ0n) is 11.7. The Labute approximate surface area is 114 Å². The predicted octanol–water partition coefficient (Wildman–Crippen LogP) is 1.62. The third kappa shape index (κ3) is 3.55. The lowest BCUT2D eigenvalue weighted by Crippen LogP contribution is -2.33. The number of nitrogens with two attached hydrogens (primary N) is 1. The van der Waals surface area contributed by atoms with Crippen LogP contribution in [0.2, 0.25) is 0 Å². The van der Waals surface area contributed by atoms with Gasteiger partial charge >= 0.3 is 0 Å². The number of rotatable bonds is 4. The van der Waals surface area contributed by atoms with Crippen molar-refractivity contribution in [1.82, 2.24) is 10.3 Å². The van der Waals surface area contributed by atoms with Crippen molar-refractivity contribution in [3.63, 3.8) is 0 Å². The number of nitrogens with one attached hydrogen (secondary N) is 1. The van der Waals surface area contributed by atoms with E-state index in [1.807, 2.05) is 19.1 Å². The lowest BCUT2D eigenvalue weighted by molar-refractivity contribution is -0.122. The molecule has 1 saturated heterocycles. The van der Waals surface area contributed by atoms with Crippen LogP contribution in [0, 0.1) is 5.92 Å². The number of amides is 1. The summed E-state index contributed by atoms with van der Waals surface area (Å²) in [7, 11) is 0. The van der Waals surface area contributed by atoms with Crippen molar-refractivity contribution in [2.45, 2.75) is 32.7 Å². The van der Waals surface area contributed by atoms with Crippen LogP contribution >= 0.6 is 0 Å². The molecule has 3 N–H and O–H groups in total. The maximum atomic E-state index is 11.5. The second-order valence-corrected chi connectivity index (χ2v) is 5.60. The van der Waals surface area contributed by atoms with E-state index in [9.17, 15) is 4.79 Å². The summed E-state index contributed by atoms with van der Waals surface area (Å²) in [5.74, 6) is 5.61. The predicted molar refractivity (Wildman–Crippen MR) is 76.2 cm³/mol. The van der Waals surface area contributed by atoms with Crippen molar-refractivity contribution in [2.75, 3.05) is 13.1 Å². The Morgan fingerprint density at radius 1 is 1.47 bits per heavy atom. The summed E-state index contributed by atoms with van der Waals surface area (Å²) in [5.41, 5.74) is 4.50. The Hall–Kier alpha value is -1.39. The third-order valence-corrected chi connectivity index (χ3v) is 3.93. The van der Waals surface area contributed by atoms with E-state index in [2.05, 4.69) is 29.4 Å². The first-order chi connectivity index (χ1) is 9.10. The van der Waals surface area contributed by atoms with Crippen molar-refractivity contribution in [3.05, 3.63) is 35.4 Å². The van der Waals surface area contributed by atoms with Crippen LogP contribution in [0.15, 0.2) is 24.3 Å². The molecular formula is C15H23N3O. The van der Waals surface area contributed by atoms with Gasteiger partial charge in [-0.2, -0.15) is 0 Å². The monoisotopic (exact) mass is 261 g/mol. The normalized spacial score (nSPS) is 21.3. The molecular weight excluding hydrogens is 238 g/mol. The minimum atomic E-state index is -0.203. The molecule has 0 aliphatic carbocycles. The molecule has 2 atom stereocenters. The van der Waals surface area contributed by atoms with E-state index < -0.39 is 0 Å². The van der Waals surface area contributed by atoms with Gasteiger partial charge in [0.2, 0.25) is 5.91 Å². The number of hydrogen-bond acceptors (Lipinski definition) is 3.